The monoisotopic (exact) mass is 326 g/mol. The summed E-state index contributed by atoms with van der Waals surface area (Å²) in [5, 5.41) is 2.84. The van der Waals surface area contributed by atoms with E-state index in [1.807, 2.05) is 25.1 Å². The molecule has 0 spiro atoms. The number of hydrogen-bond donors (Lipinski definition) is 1. The van der Waals surface area contributed by atoms with Gasteiger partial charge in [0.2, 0.25) is 0 Å². The molecule has 0 aliphatic carbocycles. The highest BCUT2D eigenvalue weighted by Gasteiger charge is 2.07. The van der Waals surface area contributed by atoms with Gasteiger partial charge in [-0.15, -0.1) is 12.4 Å². The fourth-order valence-electron chi connectivity index (χ4n) is 1.42. The average Bonchev–Trinajstić information content (AvgIpc) is 2.34. The van der Waals surface area contributed by atoms with Crippen molar-refractivity contribution in [1.82, 2.24) is 4.98 Å². The first-order valence-electron chi connectivity index (χ1n) is 5.14. The van der Waals surface area contributed by atoms with Gasteiger partial charge in [-0.05, 0) is 52.7 Å². The number of benzene rings is 1. The van der Waals surface area contributed by atoms with Crippen LogP contribution in [-0.4, -0.2) is 10.9 Å². The third kappa shape index (κ3) is 3.55. The standard InChI is InChI=1S/C13H11BrN2O.ClH/c1-9-2-3-12(11(14)8-9)16-13(17)10-4-6-15-7-5-10;/h2-8H,1H3,(H,16,17);1H. The topological polar surface area (TPSA) is 42.0 Å². The maximum atomic E-state index is 11.9. The highest BCUT2D eigenvalue weighted by atomic mass is 79.9. The van der Waals surface area contributed by atoms with Crippen molar-refractivity contribution in [2.75, 3.05) is 5.32 Å². The molecule has 5 heteroatoms. The third-order valence-electron chi connectivity index (χ3n) is 2.32. The lowest BCUT2D eigenvalue weighted by Crippen LogP contribution is -2.12. The highest BCUT2D eigenvalue weighted by molar-refractivity contribution is 9.10. The van der Waals surface area contributed by atoms with Crippen molar-refractivity contribution >= 4 is 39.9 Å². The molecule has 0 aliphatic rings. The Balaban J connectivity index is 0.00000162. The van der Waals surface area contributed by atoms with Crippen LogP contribution in [0.15, 0.2) is 47.2 Å². The van der Waals surface area contributed by atoms with Gasteiger partial charge in [-0.2, -0.15) is 0 Å². The van der Waals surface area contributed by atoms with Gasteiger partial charge in [-0.25, -0.2) is 0 Å². The van der Waals surface area contributed by atoms with Crippen LogP contribution < -0.4 is 5.32 Å². The molecule has 0 atom stereocenters. The van der Waals surface area contributed by atoms with Crippen LogP contribution in [0, 0.1) is 6.92 Å². The second-order valence-corrected chi connectivity index (χ2v) is 4.53. The molecule has 0 saturated heterocycles. The number of nitrogens with one attached hydrogen (secondary N) is 1. The maximum absolute atomic E-state index is 11.9. The van der Waals surface area contributed by atoms with Gasteiger partial charge >= 0.3 is 0 Å². The molecule has 1 aromatic carbocycles. The van der Waals surface area contributed by atoms with E-state index in [9.17, 15) is 4.79 Å². The lowest BCUT2D eigenvalue weighted by atomic mass is 10.2. The van der Waals surface area contributed by atoms with Crippen molar-refractivity contribution in [2.45, 2.75) is 6.92 Å². The fraction of sp³-hybridized carbons (Fsp3) is 0.0769. The summed E-state index contributed by atoms with van der Waals surface area (Å²) >= 11 is 3.42. The minimum absolute atomic E-state index is 0. The fourth-order valence-corrected chi connectivity index (χ4v) is 2.01. The number of rotatable bonds is 2. The first kappa shape index (κ1) is 14.7. The number of carbonyl (C=O) groups excluding carboxylic acids is 1. The molecule has 0 bridgehead atoms. The zero-order valence-corrected chi connectivity index (χ0v) is 12.1. The predicted octanol–water partition coefficient (Wildman–Crippen LogP) is 3.83. The van der Waals surface area contributed by atoms with E-state index in [0.29, 0.717) is 5.56 Å². The number of anilines is 1. The van der Waals surface area contributed by atoms with Crippen LogP contribution in [-0.2, 0) is 0 Å². The van der Waals surface area contributed by atoms with Gasteiger partial charge in [0, 0.05) is 22.4 Å². The minimum Gasteiger partial charge on any atom is -0.321 e. The van der Waals surface area contributed by atoms with Crippen LogP contribution in [0.3, 0.4) is 0 Å². The quantitative estimate of drug-likeness (QED) is 0.911. The Morgan fingerprint density at radius 3 is 2.50 bits per heavy atom. The van der Waals surface area contributed by atoms with Crippen molar-refractivity contribution in [2.24, 2.45) is 0 Å². The van der Waals surface area contributed by atoms with Gasteiger partial charge in [0.25, 0.3) is 5.91 Å². The van der Waals surface area contributed by atoms with E-state index >= 15 is 0 Å². The van der Waals surface area contributed by atoms with E-state index < -0.39 is 0 Å². The van der Waals surface area contributed by atoms with Crippen LogP contribution in [0.5, 0.6) is 0 Å². The number of aromatic nitrogens is 1. The summed E-state index contributed by atoms with van der Waals surface area (Å²) in [6.07, 6.45) is 3.19. The van der Waals surface area contributed by atoms with E-state index in [-0.39, 0.29) is 18.3 Å². The average molecular weight is 328 g/mol. The van der Waals surface area contributed by atoms with Crippen molar-refractivity contribution in [3.63, 3.8) is 0 Å². The molecular formula is C13H12BrClN2O. The zero-order valence-electron chi connectivity index (χ0n) is 9.68. The van der Waals surface area contributed by atoms with E-state index in [2.05, 4.69) is 26.2 Å². The summed E-state index contributed by atoms with van der Waals surface area (Å²) < 4.78 is 0.875. The summed E-state index contributed by atoms with van der Waals surface area (Å²) in [5.41, 5.74) is 2.49. The number of halogens is 2. The summed E-state index contributed by atoms with van der Waals surface area (Å²) in [7, 11) is 0. The Kier molecular flexibility index (Phi) is 5.31. The highest BCUT2D eigenvalue weighted by Crippen LogP contribution is 2.23. The summed E-state index contributed by atoms with van der Waals surface area (Å²) in [5.74, 6) is -0.142. The van der Waals surface area contributed by atoms with Crippen molar-refractivity contribution in [3.8, 4) is 0 Å². The molecule has 1 heterocycles. The number of amides is 1. The van der Waals surface area contributed by atoms with E-state index in [0.717, 1.165) is 15.7 Å². The Morgan fingerprint density at radius 1 is 1.22 bits per heavy atom. The van der Waals surface area contributed by atoms with Gasteiger partial charge in [0.1, 0.15) is 0 Å². The molecule has 2 rings (SSSR count). The van der Waals surface area contributed by atoms with E-state index in [1.165, 1.54) is 0 Å². The second kappa shape index (κ2) is 6.52. The van der Waals surface area contributed by atoms with Crippen LogP contribution in [0.25, 0.3) is 0 Å². The molecule has 0 saturated carbocycles. The normalized spacial score (nSPS) is 9.44. The number of carbonyl (C=O) groups is 1. The van der Waals surface area contributed by atoms with Gasteiger partial charge in [-0.3, -0.25) is 9.78 Å². The summed E-state index contributed by atoms with van der Waals surface area (Å²) in [4.78, 5) is 15.8. The largest absolute Gasteiger partial charge is 0.321 e. The Labute approximate surface area is 120 Å². The van der Waals surface area contributed by atoms with Crippen LogP contribution in [0.2, 0.25) is 0 Å². The number of hydrogen-bond acceptors (Lipinski definition) is 2. The molecule has 1 aromatic heterocycles. The molecule has 2 aromatic rings. The molecule has 18 heavy (non-hydrogen) atoms. The first-order valence-corrected chi connectivity index (χ1v) is 5.93. The first-order chi connectivity index (χ1) is 8.16. The van der Waals surface area contributed by atoms with Gasteiger partial charge in [-0.1, -0.05) is 6.07 Å². The molecule has 0 radical (unpaired) electrons. The number of nitrogens with zero attached hydrogens (tertiary/aromatic N) is 1. The second-order valence-electron chi connectivity index (χ2n) is 3.67. The van der Waals surface area contributed by atoms with E-state index in [4.69, 9.17) is 0 Å². The molecule has 94 valence electrons. The lowest BCUT2D eigenvalue weighted by molar-refractivity contribution is 0.102. The predicted molar refractivity (Wildman–Crippen MR) is 78.3 cm³/mol. The van der Waals surface area contributed by atoms with Gasteiger partial charge in [0.05, 0.1) is 5.69 Å². The molecular weight excluding hydrogens is 316 g/mol. The van der Waals surface area contributed by atoms with Crippen molar-refractivity contribution < 1.29 is 4.79 Å². The van der Waals surface area contributed by atoms with Crippen molar-refractivity contribution in [1.29, 1.82) is 0 Å². The lowest BCUT2D eigenvalue weighted by Gasteiger charge is -2.07. The summed E-state index contributed by atoms with van der Waals surface area (Å²) in [6.45, 7) is 2.00. The van der Waals surface area contributed by atoms with Crippen LogP contribution in [0.1, 0.15) is 15.9 Å². The molecule has 0 unspecified atom stereocenters. The van der Waals surface area contributed by atoms with Gasteiger partial charge < -0.3 is 5.32 Å². The number of aryl methyl sites for hydroxylation is 1. The van der Waals surface area contributed by atoms with Gasteiger partial charge in [0.15, 0.2) is 0 Å². The number of pyridine rings is 1. The van der Waals surface area contributed by atoms with Crippen LogP contribution >= 0.6 is 28.3 Å². The SMILES string of the molecule is Cc1ccc(NC(=O)c2ccncc2)c(Br)c1.Cl. The Hall–Kier alpha value is -1.39. The Morgan fingerprint density at radius 2 is 1.89 bits per heavy atom. The smallest absolute Gasteiger partial charge is 0.255 e. The molecule has 0 fully saturated rings. The summed E-state index contributed by atoms with van der Waals surface area (Å²) in [6, 6.07) is 9.14. The third-order valence-corrected chi connectivity index (χ3v) is 2.97. The molecule has 1 N–H and O–H groups in total. The molecule has 0 aliphatic heterocycles. The van der Waals surface area contributed by atoms with Crippen LogP contribution in [0.4, 0.5) is 5.69 Å². The Bertz CT molecular complexity index is 546. The maximum Gasteiger partial charge on any atom is 0.255 e. The van der Waals surface area contributed by atoms with Crippen molar-refractivity contribution in [3.05, 3.63) is 58.3 Å². The zero-order chi connectivity index (χ0) is 12.3. The molecule has 1 amide bonds. The minimum atomic E-state index is -0.142. The molecule has 3 nitrogen and oxygen atoms in total. The van der Waals surface area contributed by atoms with E-state index in [1.54, 1.807) is 24.5 Å².